The van der Waals surface area contributed by atoms with Crippen molar-refractivity contribution in [3.63, 3.8) is 0 Å². The van der Waals surface area contributed by atoms with Gasteiger partial charge in [0.1, 0.15) is 0 Å². The molecule has 0 aromatic heterocycles. The van der Waals surface area contributed by atoms with E-state index < -0.39 is 6.04 Å². The van der Waals surface area contributed by atoms with Crippen LogP contribution in [0.3, 0.4) is 0 Å². The van der Waals surface area contributed by atoms with E-state index in [0.29, 0.717) is 6.54 Å². The van der Waals surface area contributed by atoms with Gasteiger partial charge in [0.05, 0.1) is 6.04 Å². The highest BCUT2D eigenvalue weighted by atomic mass is 35.5. The molecule has 1 aromatic carbocycles. The lowest BCUT2D eigenvalue weighted by atomic mass is 9.64. The first-order valence-electron chi connectivity index (χ1n) is 7.24. The average molecular weight is 295 g/mol. The molecule has 3 N–H and O–H groups in total. The molecule has 4 heteroatoms. The van der Waals surface area contributed by atoms with Crippen molar-refractivity contribution >= 4 is 17.5 Å². The third kappa shape index (κ3) is 3.15. The highest BCUT2D eigenvalue weighted by Gasteiger charge is 2.39. The quantitative estimate of drug-likeness (QED) is 0.877. The van der Waals surface area contributed by atoms with E-state index in [2.05, 4.69) is 17.4 Å². The van der Waals surface area contributed by atoms with Gasteiger partial charge in [0.15, 0.2) is 0 Å². The number of rotatable bonds is 5. The van der Waals surface area contributed by atoms with Crippen LogP contribution in [-0.4, -0.2) is 18.5 Å². The van der Waals surface area contributed by atoms with Crippen LogP contribution >= 0.6 is 11.6 Å². The molecular formula is C16H23ClN2O. The molecule has 0 bridgehead atoms. The minimum absolute atomic E-state index is 0.0553. The zero-order valence-corrected chi connectivity index (χ0v) is 12.9. The molecule has 1 amide bonds. The number of benzene rings is 1. The Kier molecular flexibility index (Phi) is 4.71. The van der Waals surface area contributed by atoms with Crippen molar-refractivity contribution in [2.45, 2.75) is 44.6 Å². The van der Waals surface area contributed by atoms with Gasteiger partial charge >= 0.3 is 0 Å². The number of hydrogen-bond donors (Lipinski definition) is 2. The standard InChI is InChI=1S/C16H23ClN2O/c1-11(2)14(18)15(20)19-10-16(8-3-9-16)12-4-6-13(17)7-5-12/h4-7,11,14H,3,8-10,18H2,1-2H3,(H,19,20)/t14-/m0/s1. The Morgan fingerprint density at radius 1 is 1.35 bits per heavy atom. The summed E-state index contributed by atoms with van der Waals surface area (Å²) in [4.78, 5) is 12.0. The molecule has 1 saturated carbocycles. The van der Waals surface area contributed by atoms with Crippen LogP contribution in [-0.2, 0) is 10.2 Å². The molecule has 0 aliphatic heterocycles. The van der Waals surface area contributed by atoms with E-state index in [1.54, 1.807) is 0 Å². The van der Waals surface area contributed by atoms with Crippen LogP contribution in [0, 0.1) is 5.92 Å². The maximum absolute atomic E-state index is 12.0. The largest absolute Gasteiger partial charge is 0.354 e. The minimum atomic E-state index is -0.433. The molecule has 0 unspecified atom stereocenters. The molecule has 1 aliphatic rings. The lowest BCUT2D eigenvalue weighted by molar-refractivity contribution is -0.123. The molecule has 1 atom stereocenters. The maximum atomic E-state index is 12.0. The Morgan fingerprint density at radius 3 is 2.40 bits per heavy atom. The van der Waals surface area contributed by atoms with Crippen molar-refractivity contribution in [2.24, 2.45) is 11.7 Å². The van der Waals surface area contributed by atoms with Gasteiger partial charge in [-0.05, 0) is 36.5 Å². The summed E-state index contributed by atoms with van der Waals surface area (Å²) in [6, 6.07) is 7.53. The van der Waals surface area contributed by atoms with Gasteiger partial charge in [0, 0.05) is 17.0 Å². The number of carbonyl (C=O) groups is 1. The number of nitrogens with two attached hydrogens (primary N) is 1. The van der Waals surface area contributed by atoms with E-state index >= 15 is 0 Å². The Labute approximate surface area is 125 Å². The summed E-state index contributed by atoms with van der Waals surface area (Å²) in [5.74, 6) is 0.100. The first kappa shape index (κ1) is 15.3. The van der Waals surface area contributed by atoms with E-state index in [-0.39, 0.29) is 17.2 Å². The molecule has 20 heavy (non-hydrogen) atoms. The molecule has 1 aliphatic carbocycles. The number of nitrogens with one attached hydrogen (secondary N) is 1. The molecule has 2 rings (SSSR count). The minimum Gasteiger partial charge on any atom is -0.354 e. The van der Waals surface area contributed by atoms with E-state index in [1.807, 2.05) is 26.0 Å². The summed E-state index contributed by atoms with van der Waals surface area (Å²) in [7, 11) is 0. The molecule has 110 valence electrons. The van der Waals surface area contributed by atoms with Crippen molar-refractivity contribution in [3.05, 3.63) is 34.9 Å². The van der Waals surface area contributed by atoms with Crippen LogP contribution in [0.5, 0.6) is 0 Å². The smallest absolute Gasteiger partial charge is 0.237 e. The Morgan fingerprint density at radius 2 is 1.95 bits per heavy atom. The number of amides is 1. The fraction of sp³-hybridized carbons (Fsp3) is 0.562. The van der Waals surface area contributed by atoms with Crippen LogP contribution in [0.25, 0.3) is 0 Å². The maximum Gasteiger partial charge on any atom is 0.237 e. The van der Waals surface area contributed by atoms with Crippen molar-refractivity contribution in [3.8, 4) is 0 Å². The SMILES string of the molecule is CC(C)[C@H](N)C(=O)NCC1(c2ccc(Cl)cc2)CCC1. The lowest BCUT2D eigenvalue weighted by Crippen LogP contribution is -2.51. The van der Waals surface area contributed by atoms with Crippen molar-refractivity contribution in [1.29, 1.82) is 0 Å². The second-order valence-corrected chi connectivity index (χ2v) is 6.56. The molecule has 0 saturated heterocycles. The van der Waals surface area contributed by atoms with Gasteiger partial charge in [0.25, 0.3) is 0 Å². The van der Waals surface area contributed by atoms with Crippen molar-refractivity contribution < 1.29 is 4.79 Å². The van der Waals surface area contributed by atoms with Gasteiger partial charge in [-0.15, -0.1) is 0 Å². The normalized spacial score (nSPS) is 18.4. The van der Waals surface area contributed by atoms with Crippen LogP contribution < -0.4 is 11.1 Å². The third-order valence-corrected chi connectivity index (χ3v) is 4.64. The van der Waals surface area contributed by atoms with Crippen LogP contribution in [0.4, 0.5) is 0 Å². The highest BCUT2D eigenvalue weighted by Crippen LogP contribution is 2.43. The van der Waals surface area contributed by atoms with Gasteiger partial charge in [-0.3, -0.25) is 4.79 Å². The van der Waals surface area contributed by atoms with Crippen LogP contribution in [0.15, 0.2) is 24.3 Å². The monoisotopic (exact) mass is 294 g/mol. The van der Waals surface area contributed by atoms with E-state index in [0.717, 1.165) is 17.9 Å². The number of halogens is 1. The fourth-order valence-corrected chi connectivity index (χ4v) is 2.78. The molecule has 1 aromatic rings. The van der Waals surface area contributed by atoms with E-state index in [4.69, 9.17) is 17.3 Å². The Bertz CT molecular complexity index is 466. The summed E-state index contributed by atoms with van der Waals surface area (Å²) in [5.41, 5.74) is 7.20. The van der Waals surface area contributed by atoms with Crippen molar-refractivity contribution in [2.75, 3.05) is 6.54 Å². The Balaban J connectivity index is 2.02. The second kappa shape index (κ2) is 6.15. The van der Waals surface area contributed by atoms with Gasteiger partial charge in [0.2, 0.25) is 5.91 Å². The first-order valence-corrected chi connectivity index (χ1v) is 7.62. The molecule has 3 nitrogen and oxygen atoms in total. The predicted octanol–water partition coefficient (Wildman–Crippen LogP) is 2.86. The first-order chi connectivity index (χ1) is 9.44. The fourth-order valence-electron chi connectivity index (χ4n) is 2.65. The summed E-state index contributed by atoms with van der Waals surface area (Å²) < 4.78 is 0. The summed E-state index contributed by atoms with van der Waals surface area (Å²) in [6.45, 7) is 4.58. The predicted molar refractivity (Wildman–Crippen MR) is 82.8 cm³/mol. The molecule has 0 radical (unpaired) electrons. The van der Waals surface area contributed by atoms with E-state index in [9.17, 15) is 4.79 Å². The average Bonchev–Trinajstić information content (AvgIpc) is 2.38. The summed E-state index contributed by atoms with van der Waals surface area (Å²) in [5, 5.41) is 3.77. The molecule has 1 fully saturated rings. The second-order valence-electron chi connectivity index (χ2n) is 6.13. The van der Waals surface area contributed by atoms with E-state index in [1.165, 1.54) is 12.0 Å². The highest BCUT2D eigenvalue weighted by molar-refractivity contribution is 6.30. The summed E-state index contributed by atoms with van der Waals surface area (Å²) >= 11 is 5.94. The molecule has 0 heterocycles. The topological polar surface area (TPSA) is 55.1 Å². The van der Waals surface area contributed by atoms with Gasteiger partial charge in [-0.1, -0.05) is 44.0 Å². The van der Waals surface area contributed by atoms with Gasteiger partial charge in [-0.2, -0.15) is 0 Å². The van der Waals surface area contributed by atoms with Gasteiger partial charge in [-0.25, -0.2) is 0 Å². The van der Waals surface area contributed by atoms with Crippen LogP contribution in [0.1, 0.15) is 38.7 Å². The number of carbonyl (C=O) groups excluding carboxylic acids is 1. The van der Waals surface area contributed by atoms with Crippen LogP contribution in [0.2, 0.25) is 5.02 Å². The summed E-state index contributed by atoms with van der Waals surface area (Å²) in [6.07, 6.45) is 3.41. The Hall–Kier alpha value is -1.06. The zero-order valence-electron chi connectivity index (χ0n) is 12.2. The van der Waals surface area contributed by atoms with Crippen molar-refractivity contribution in [1.82, 2.24) is 5.32 Å². The lowest BCUT2D eigenvalue weighted by Gasteiger charge is -2.43. The van der Waals surface area contributed by atoms with Gasteiger partial charge < -0.3 is 11.1 Å². The third-order valence-electron chi connectivity index (χ3n) is 4.39. The molecular weight excluding hydrogens is 272 g/mol. The zero-order chi connectivity index (χ0) is 14.8. The molecule has 0 spiro atoms. The number of hydrogen-bond acceptors (Lipinski definition) is 2.